The van der Waals surface area contributed by atoms with E-state index in [4.69, 9.17) is 4.74 Å². The Labute approximate surface area is 155 Å². The molecular formula is C16H15F3N6O3. The first-order valence-electron chi connectivity index (χ1n) is 7.93. The minimum atomic E-state index is -2.96. The van der Waals surface area contributed by atoms with Gasteiger partial charge in [-0.25, -0.2) is 23.1 Å². The molecular weight excluding hydrogens is 381 g/mol. The topological polar surface area (TPSA) is 106 Å². The molecule has 2 amide bonds. The fraction of sp³-hybridized carbons (Fsp3) is 0.250. The SMILES string of the molecule is COC(C)c1c(NC(=O)N=c2ccn(O)c(C(F)F)c2)cnc2cc(F)nn12. The summed E-state index contributed by atoms with van der Waals surface area (Å²) in [4.78, 5) is 19.9. The highest BCUT2D eigenvalue weighted by atomic mass is 19.3. The fourth-order valence-electron chi connectivity index (χ4n) is 2.51. The third-order valence-electron chi connectivity index (χ3n) is 3.87. The molecule has 0 bridgehead atoms. The quantitative estimate of drug-likeness (QED) is 0.660. The summed E-state index contributed by atoms with van der Waals surface area (Å²) in [5.74, 6) is -0.758. The van der Waals surface area contributed by atoms with Crippen molar-refractivity contribution in [3.8, 4) is 0 Å². The summed E-state index contributed by atoms with van der Waals surface area (Å²) in [7, 11) is 1.42. The summed E-state index contributed by atoms with van der Waals surface area (Å²) in [6, 6.07) is 2.26. The second kappa shape index (κ2) is 7.68. The first kappa shape index (κ1) is 19.4. The second-order valence-corrected chi connectivity index (χ2v) is 5.67. The highest BCUT2D eigenvalue weighted by Gasteiger charge is 2.19. The van der Waals surface area contributed by atoms with Gasteiger partial charge in [-0.3, -0.25) is 0 Å². The Morgan fingerprint density at radius 1 is 1.39 bits per heavy atom. The van der Waals surface area contributed by atoms with Gasteiger partial charge in [-0.05, 0) is 19.1 Å². The van der Waals surface area contributed by atoms with Crippen LogP contribution in [0.25, 0.3) is 5.65 Å². The standard InChI is InChI=1S/C16H15F3N6O3/c1-8(28-2)14-10(7-20-13-6-12(17)23-25(13)14)22-16(26)21-9-3-4-24(27)11(5-9)15(18)19/h3-8,15,27H,1-2H3,(H,22,26). The second-order valence-electron chi connectivity index (χ2n) is 5.67. The first-order valence-corrected chi connectivity index (χ1v) is 7.93. The lowest BCUT2D eigenvalue weighted by Crippen LogP contribution is -2.18. The molecule has 1 atom stereocenters. The largest absolute Gasteiger partial charge is 0.429 e. The minimum Gasteiger partial charge on any atom is -0.429 e. The lowest BCUT2D eigenvalue weighted by atomic mass is 10.2. The molecule has 3 heterocycles. The highest BCUT2D eigenvalue weighted by Crippen LogP contribution is 2.25. The van der Waals surface area contributed by atoms with Crippen molar-refractivity contribution in [1.29, 1.82) is 0 Å². The lowest BCUT2D eigenvalue weighted by Gasteiger charge is -2.16. The monoisotopic (exact) mass is 396 g/mol. The van der Waals surface area contributed by atoms with Gasteiger partial charge in [0.25, 0.3) is 6.43 Å². The van der Waals surface area contributed by atoms with Crippen molar-refractivity contribution in [2.24, 2.45) is 4.99 Å². The molecule has 0 radical (unpaired) electrons. The van der Waals surface area contributed by atoms with Gasteiger partial charge < -0.3 is 15.3 Å². The number of halogens is 3. The molecule has 28 heavy (non-hydrogen) atoms. The Morgan fingerprint density at radius 2 is 2.14 bits per heavy atom. The van der Waals surface area contributed by atoms with Gasteiger partial charge in [-0.1, -0.05) is 0 Å². The molecule has 0 aliphatic heterocycles. The van der Waals surface area contributed by atoms with Crippen molar-refractivity contribution < 1.29 is 27.9 Å². The van der Waals surface area contributed by atoms with E-state index < -0.39 is 30.2 Å². The van der Waals surface area contributed by atoms with Crippen LogP contribution in [0, 0.1) is 5.95 Å². The van der Waals surface area contributed by atoms with Gasteiger partial charge in [0.15, 0.2) is 5.65 Å². The third kappa shape index (κ3) is 3.81. The number of anilines is 1. The Morgan fingerprint density at radius 3 is 2.82 bits per heavy atom. The van der Waals surface area contributed by atoms with Crippen LogP contribution in [0.1, 0.15) is 30.8 Å². The van der Waals surface area contributed by atoms with Crippen molar-refractivity contribution in [3.63, 3.8) is 0 Å². The van der Waals surface area contributed by atoms with Crippen molar-refractivity contribution in [2.75, 3.05) is 12.4 Å². The van der Waals surface area contributed by atoms with Crippen molar-refractivity contribution >= 4 is 17.4 Å². The molecule has 3 rings (SSSR count). The number of carbonyl (C=O) groups excluding carboxylic acids is 1. The number of nitrogens with one attached hydrogen (secondary N) is 1. The van der Waals surface area contributed by atoms with E-state index in [0.29, 0.717) is 5.69 Å². The number of urea groups is 1. The molecule has 12 heteroatoms. The van der Waals surface area contributed by atoms with E-state index in [0.717, 1.165) is 18.3 Å². The van der Waals surface area contributed by atoms with Crippen LogP contribution >= 0.6 is 0 Å². The smallest absolute Gasteiger partial charge is 0.346 e. The summed E-state index contributed by atoms with van der Waals surface area (Å²) in [6.45, 7) is 1.66. The van der Waals surface area contributed by atoms with E-state index in [1.54, 1.807) is 6.92 Å². The van der Waals surface area contributed by atoms with Gasteiger partial charge in [0.05, 0.1) is 29.0 Å². The van der Waals surface area contributed by atoms with Crippen molar-refractivity contribution in [2.45, 2.75) is 19.5 Å². The fourth-order valence-corrected chi connectivity index (χ4v) is 2.51. The molecule has 9 nitrogen and oxygen atoms in total. The maximum atomic E-state index is 13.5. The number of alkyl halides is 2. The molecule has 0 fully saturated rings. The van der Waals surface area contributed by atoms with Crippen LogP contribution in [0.4, 0.5) is 23.7 Å². The zero-order chi connectivity index (χ0) is 20.4. The van der Waals surface area contributed by atoms with Gasteiger partial charge in [-0.2, -0.15) is 14.1 Å². The average Bonchev–Trinajstić information content (AvgIpc) is 3.02. The van der Waals surface area contributed by atoms with E-state index in [1.165, 1.54) is 23.9 Å². The van der Waals surface area contributed by atoms with Gasteiger partial charge in [0.2, 0.25) is 5.95 Å². The number of pyridine rings is 1. The molecule has 0 aliphatic carbocycles. The Balaban J connectivity index is 1.98. The van der Waals surface area contributed by atoms with Crippen LogP contribution in [0.2, 0.25) is 0 Å². The third-order valence-corrected chi connectivity index (χ3v) is 3.87. The molecule has 1 unspecified atom stereocenters. The highest BCUT2D eigenvalue weighted by molar-refractivity contribution is 5.90. The maximum Gasteiger partial charge on any atom is 0.346 e. The van der Waals surface area contributed by atoms with Crippen LogP contribution in [0.5, 0.6) is 0 Å². The Hall–Kier alpha value is -3.41. The van der Waals surface area contributed by atoms with Crippen molar-refractivity contribution in [1.82, 2.24) is 19.3 Å². The lowest BCUT2D eigenvalue weighted by molar-refractivity contribution is 0.0927. The molecule has 3 aromatic rings. The van der Waals surface area contributed by atoms with Crippen LogP contribution in [0.15, 0.2) is 35.6 Å². The predicted molar refractivity (Wildman–Crippen MR) is 89.5 cm³/mol. The molecule has 0 saturated heterocycles. The number of fused-ring (bicyclic) bond motifs is 1. The summed E-state index contributed by atoms with van der Waals surface area (Å²) < 4.78 is 45.8. The van der Waals surface area contributed by atoms with Gasteiger partial charge in [-0.15, -0.1) is 5.10 Å². The van der Waals surface area contributed by atoms with E-state index >= 15 is 0 Å². The van der Waals surface area contributed by atoms with Crippen LogP contribution in [-0.2, 0) is 4.74 Å². The molecule has 0 spiro atoms. The van der Waals surface area contributed by atoms with Gasteiger partial charge >= 0.3 is 6.03 Å². The number of methoxy groups -OCH3 is 1. The molecule has 3 aromatic heterocycles. The number of hydrogen-bond acceptors (Lipinski definition) is 5. The molecule has 2 N–H and O–H groups in total. The van der Waals surface area contributed by atoms with Crippen molar-refractivity contribution in [3.05, 3.63) is 53.3 Å². The van der Waals surface area contributed by atoms with Gasteiger partial charge in [0.1, 0.15) is 5.69 Å². The Bertz CT molecular complexity index is 1090. The summed E-state index contributed by atoms with van der Waals surface area (Å²) in [5, 5.41) is 15.4. The molecule has 148 valence electrons. The number of ether oxygens (including phenoxy) is 1. The van der Waals surface area contributed by atoms with Gasteiger partial charge in [0, 0.05) is 19.4 Å². The first-order chi connectivity index (χ1) is 13.3. The Kier molecular flexibility index (Phi) is 5.31. The number of carbonyl (C=O) groups is 1. The molecule has 0 aromatic carbocycles. The normalized spacial score (nSPS) is 13.3. The van der Waals surface area contributed by atoms with E-state index in [1.807, 2.05) is 0 Å². The zero-order valence-corrected chi connectivity index (χ0v) is 14.7. The van der Waals surface area contributed by atoms with E-state index in [9.17, 15) is 23.2 Å². The van der Waals surface area contributed by atoms with Crippen LogP contribution < -0.4 is 10.7 Å². The number of amides is 2. The van der Waals surface area contributed by atoms with Crippen LogP contribution in [-0.4, -0.2) is 37.7 Å². The summed E-state index contributed by atoms with van der Waals surface area (Å²) in [5.41, 5.74) is -0.0447. The van der Waals surface area contributed by atoms with Crippen LogP contribution in [0.3, 0.4) is 0 Å². The predicted octanol–water partition coefficient (Wildman–Crippen LogP) is 2.69. The number of aromatic nitrogens is 4. The molecule has 0 aliphatic rings. The number of rotatable bonds is 4. The summed E-state index contributed by atoms with van der Waals surface area (Å²) in [6.07, 6.45) is -1.33. The number of hydrogen-bond donors (Lipinski definition) is 2. The molecule has 0 saturated carbocycles. The van der Waals surface area contributed by atoms with E-state index in [2.05, 4.69) is 20.4 Å². The average molecular weight is 396 g/mol. The maximum absolute atomic E-state index is 13.5. The zero-order valence-electron chi connectivity index (χ0n) is 14.7. The van der Waals surface area contributed by atoms with E-state index in [-0.39, 0.29) is 21.4 Å². The summed E-state index contributed by atoms with van der Waals surface area (Å²) >= 11 is 0. The minimum absolute atomic E-state index is 0.0985. The number of nitrogens with zero attached hydrogens (tertiary/aromatic N) is 5.